The molecule has 0 aliphatic carbocycles. The third kappa shape index (κ3) is 4.90. The molecular formula is C20H23NO4. The van der Waals surface area contributed by atoms with Gasteiger partial charge in [0, 0.05) is 13.5 Å². The number of hydrogen-bond donors (Lipinski definition) is 2. The van der Waals surface area contributed by atoms with E-state index in [1.165, 1.54) is 7.11 Å². The number of carbonyl (C=O) groups is 2. The predicted molar refractivity (Wildman–Crippen MR) is 95.4 cm³/mol. The maximum absolute atomic E-state index is 12.5. The summed E-state index contributed by atoms with van der Waals surface area (Å²) in [5, 5.41) is 12.1. The van der Waals surface area contributed by atoms with Crippen LogP contribution in [0.15, 0.2) is 48.5 Å². The van der Waals surface area contributed by atoms with Crippen LogP contribution in [0.5, 0.6) is 0 Å². The second-order valence-electron chi connectivity index (χ2n) is 6.05. The van der Waals surface area contributed by atoms with Crippen molar-refractivity contribution < 1.29 is 19.4 Å². The molecule has 0 aliphatic rings. The van der Waals surface area contributed by atoms with Crippen molar-refractivity contribution in [3.05, 3.63) is 70.8 Å². The zero-order valence-electron chi connectivity index (χ0n) is 14.7. The first-order valence-electron chi connectivity index (χ1n) is 8.09. The van der Waals surface area contributed by atoms with Gasteiger partial charge in [-0.25, -0.2) is 4.79 Å². The summed E-state index contributed by atoms with van der Waals surface area (Å²) in [6.07, 6.45) is -0.629. The van der Waals surface area contributed by atoms with Crippen molar-refractivity contribution in [3.8, 4) is 0 Å². The number of aryl methyl sites for hydroxylation is 2. The summed E-state index contributed by atoms with van der Waals surface area (Å²) < 4.78 is 5.26. The highest BCUT2D eigenvalue weighted by atomic mass is 16.5. The van der Waals surface area contributed by atoms with Crippen LogP contribution in [0.1, 0.15) is 28.4 Å². The van der Waals surface area contributed by atoms with E-state index in [1.54, 1.807) is 24.3 Å². The molecule has 2 aromatic rings. The Bertz CT molecular complexity index is 743. The van der Waals surface area contributed by atoms with Gasteiger partial charge in [0.15, 0.2) is 6.10 Å². The molecule has 2 N–H and O–H groups in total. The highest BCUT2D eigenvalue weighted by Gasteiger charge is 2.26. The molecule has 0 aliphatic heterocycles. The topological polar surface area (TPSA) is 75.6 Å². The van der Waals surface area contributed by atoms with Crippen LogP contribution in [0, 0.1) is 13.8 Å². The Kier molecular flexibility index (Phi) is 6.31. The molecule has 0 spiro atoms. The highest BCUT2D eigenvalue weighted by Crippen LogP contribution is 2.17. The molecule has 2 aromatic carbocycles. The fourth-order valence-electron chi connectivity index (χ4n) is 2.64. The minimum atomic E-state index is -1.07. The van der Waals surface area contributed by atoms with Crippen LogP contribution >= 0.6 is 0 Å². The Labute approximate surface area is 147 Å². The Hall–Kier alpha value is -2.66. The molecule has 5 heteroatoms. The van der Waals surface area contributed by atoms with Crippen LogP contribution in [0.4, 0.5) is 0 Å². The summed E-state index contributed by atoms with van der Waals surface area (Å²) in [6, 6.07) is 13.8. The van der Waals surface area contributed by atoms with Gasteiger partial charge in [-0.2, -0.15) is 0 Å². The number of amides is 1. The van der Waals surface area contributed by atoms with Crippen LogP contribution < -0.4 is 5.32 Å². The van der Waals surface area contributed by atoms with Gasteiger partial charge in [0.2, 0.25) is 0 Å². The molecule has 0 saturated heterocycles. The van der Waals surface area contributed by atoms with Crippen molar-refractivity contribution in [3.63, 3.8) is 0 Å². The lowest BCUT2D eigenvalue weighted by Gasteiger charge is -2.20. The second kappa shape index (κ2) is 8.44. The molecule has 1 amide bonds. The fraction of sp³-hybridized carbons (Fsp3) is 0.300. The van der Waals surface area contributed by atoms with Crippen molar-refractivity contribution >= 4 is 11.9 Å². The first-order chi connectivity index (χ1) is 11.9. The molecule has 2 rings (SSSR count). The number of carboxylic acid groups (broad SMARTS) is 1. The number of aliphatic carboxylic acids is 1. The number of nitrogens with one attached hydrogen (secondary N) is 1. The number of rotatable bonds is 7. The van der Waals surface area contributed by atoms with Crippen LogP contribution in [0.2, 0.25) is 0 Å². The molecule has 0 unspecified atom stereocenters. The summed E-state index contributed by atoms with van der Waals surface area (Å²) in [5.74, 6) is -1.54. The summed E-state index contributed by atoms with van der Waals surface area (Å²) >= 11 is 0. The Morgan fingerprint density at radius 3 is 2.32 bits per heavy atom. The molecule has 5 nitrogen and oxygen atoms in total. The van der Waals surface area contributed by atoms with Crippen LogP contribution in [0.25, 0.3) is 0 Å². The molecule has 0 fully saturated rings. The predicted octanol–water partition coefficient (Wildman–Crippen LogP) is 2.80. The van der Waals surface area contributed by atoms with Crippen LogP contribution in [0.3, 0.4) is 0 Å². The zero-order chi connectivity index (χ0) is 18.4. The smallest absolute Gasteiger partial charge is 0.326 e. The third-order valence-corrected chi connectivity index (χ3v) is 4.20. The fourth-order valence-corrected chi connectivity index (χ4v) is 2.64. The molecule has 0 heterocycles. The van der Waals surface area contributed by atoms with Crippen molar-refractivity contribution in [1.82, 2.24) is 5.32 Å². The van der Waals surface area contributed by atoms with E-state index in [0.29, 0.717) is 5.56 Å². The Morgan fingerprint density at radius 2 is 1.76 bits per heavy atom. The third-order valence-electron chi connectivity index (χ3n) is 4.20. The molecule has 25 heavy (non-hydrogen) atoms. The van der Waals surface area contributed by atoms with E-state index in [-0.39, 0.29) is 6.42 Å². The van der Waals surface area contributed by atoms with Crippen molar-refractivity contribution in [1.29, 1.82) is 0 Å². The average Bonchev–Trinajstić information content (AvgIpc) is 2.59. The minimum absolute atomic E-state index is 0.216. The number of carboxylic acids is 1. The molecule has 132 valence electrons. The van der Waals surface area contributed by atoms with E-state index < -0.39 is 24.0 Å². The first kappa shape index (κ1) is 18.7. The number of carbonyl (C=O) groups excluding carboxylic acids is 1. The van der Waals surface area contributed by atoms with Crippen molar-refractivity contribution in [2.24, 2.45) is 0 Å². The van der Waals surface area contributed by atoms with Gasteiger partial charge in [-0.05, 0) is 36.1 Å². The zero-order valence-corrected chi connectivity index (χ0v) is 14.7. The number of benzene rings is 2. The standard InChI is InChI=1S/C20H23NO4/c1-13-9-10-15(11-14(13)2)12-17(20(23)24)21-19(22)18(25-3)16-7-5-4-6-8-16/h4-11,17-18H,12H2,1-3H3,(H,21,22)(H,23,24)/t17-,18-/m1/s1. The normalized spacial score (nSPS) is 13.1. The van der Waals surface area contributed by atoms with Gasteiger partial charge in [-0.3, -0.25) is 4.79 Å². The molecular weight excluding hydrogens is 318 g/mol. The van der Waals surface area contributed by atoms with Gasteiger partial charge >= 0.3 is 5.97 Å². The van der Waals surface area contributed by atoms with Gasteiger partial charge in [0.1, 0.15) is 6.04 Å². The average molecular weight is 341 g/mol. The summed E-state index contributed by atoms with van der Waals surface area (Å²) in [7, 11) is 1.43. The summed E-state index contributed by atoms with van der Waals surface area (Å²) in [6.45, 7) is 3.97. The van der Waals surface area contributed by atoms with Crippen molar-refractivity contribution in [2.75, 3.05) is 7.11 Å². The number of hydrogen-bond acceptors (Lipinski definition) is 3. The van der Waals surface area contributed by atoms with Gasteiger partial charge in [-0.15, -0.1) is 0 Å². The number of methoxy groups -OCH3 is 1. The molecule has 0 radical (unpaired) electrons. The molecule has 2 atom stereocenters. The van der Waals surface area contributed by atoms with E-state index in [1.807, 2.05) is 38.1 Å². The minimum Gasteiger partial charge on any atom is -0.480 e. The van der Waals surface area contributed by atoms with Crippen LogP contribution in [-0.4, -0.2) is 30.1 Å². The second-order valence-corrected chi connectivity index (χ2v) is 6.05. The van der Waals surface area contributed by atoms with Crippen molar-refractivity contribution in [2.45, 2.75) is 32.4 Å². The lowest BCUT2D eigenvalue weighted by atomic mass is 10.0. The van der Waals surface area contributed by atoms with Gasteiger partial charge < -0.3 is 15.2 Å². The molecule has 0 saturated carbocycles. The molecule has 0 aromatic heterocycles. The van der Waals surface area contributed by atoms with Crippen LogP contribution in [-0.2, 0) is 20.7 Å². The van der Waals surface area contributed by atoms with E-state index in [9.17, 15) is 14.7 Å². The van der Waals surface area contributed by atoms with Gasteiger partial charge in [0.05, 0.1) is 0 Å². The van der Waals surface area contributed by atoms with E-state index >= 15 is 0 Å². The largest absolute Gasteiger partial charge is 0.480 e. The summed E-state index contributed by atoms with van der Waals surface area (Å²) in [5.41, 5.74) is 3.78. The monoisotopic (exact) mass is 341 g/mol. The Morgan fingerprint density at radius 1 is 1.08 bits per heavy atom. The summed E-state index contributed by atoms with van der Waals surface area (Å²) in [4.78, 5) is 24.1. The lowest BCUT2D eigenvalue weighted by molar-refractivity contribution is -0.144. The van der Waals surface area contributed by atoms with E-state index in [4.69, 9.17) is 4.74 Å². The number of ether oxygens (including phenoxy) is 1. The van der Waals surface area contributed by atoms with Gasteiger partial charge in [0.25, 0.3) is 5.91 Å². The molecule has 0 bridgehead atoms. The van der Waals surface area contributed by atoms with Gasteiger partial charge in [-0.1, -0.05) is 48.5 Å². The maximum Gasteiger partial charge on any atom is 0.326 e. The van der Waals surface area contributed by atoms with E-state index in [0.717, 1.165) is 16.7 Å². The quantitative estimate of drug-likeness (QED) is 0.812. The Balaban J connectivity index is 2.13. The SMILES string of the molecule is CO[C@@H](C(=O)N[C@H](Cc1ccc(C)c(C)c1)C(=O)O)c1ccccc1. The lowest BCUT2D eigenvalue weighted by Crippen LogP contribution is -2.44. The first-order valence-corrected chi connectivity index (χ1v) is 8.09. The van der Waals surface area contributed by atoms with E-state index in [2.05, 4.69) is 5.32 Å². The maximum atomic E-state index is 12.5. The highest BCUT2D eigenvalue weighted by molar-refractivity contribution is 5.87.